The van der Waals surface area contributed by atoms with Gasteiger partial charge in [0.15, 0.2) is 0 Å². The Bertz CT molecular complexity index is 941. The van der Waals surface area contributed by atoms with Crippen LogP contribution in [0.25, 0.3) is 16.5 Å². The van der Waals surface area contributed by atoms with Gasteiger partial charge in [0.2, 0.25) is 11.8 Å². The van der Waals surface area contributed by atoms with Gasteiger partial charge in [-0.25, -0.2) is 4.39 Å². The maximum atomic E-state index is 13.9. The number of hydrogen-bond donors (Lipinski definition) is 1. The molecule has 31 heavy (non-hydrogen) atoms. The topological polar surface area (TPSA) is 49.4 Å². The van der Waals surface area contributed by atoms with Gasteiger partial charge in [-0.1, -0.05) is 37.5 Å². The van der Waals surface area contributed by atoms with Crippen molar-refractivity contribution in [3.8, 4) is 10.4 Å². The van der Waals surface area contributed by atoms with E-state index < -0.39 is 0 Å². The molecule has 2 heterocycles. The molecular formula is C25H29FN2O2S. The largest absolute Gasteiger partial charge is 0.350 e. The van der Waals surface area contributed by atoms with Crippen molar-refractivity contribution in [2.45, 2.75) is 51.0 Å². The lowest BCUT2D eigenvalue weighted by Crippen LogP contribution is -2.48. The highest BCUT2D eigenvalue weighted by atomic mass is 32.1. The molecule has 0 spiro atoms. The van der Waals surface area contributed by atoms with E-state index in [4.69, 9.17) is 0 Å². The van der Waals surface area contributed by atoms with E-state index in [-0.39, 0.29) is 23.7 Å². The number of carbonyl (C=O) groups excluding carboxylic acids is 2. The summed E-state index contributed by atoms with van der Waals surface area (Å²) in [5.41, 5.74) is 0.575. The molecule has 1 saturated heterocycles. The fourth-order valence-electron chi connectivity index (χ4n) is 4.51. The van der Waals surface area contributed by atoms with Crippen molar-refractivity contribution < 1.29 is 14.0 Å². The van der Waals surface area contributed by atoms with Crippen LogP contribution in [-0.4, -0.2) is 35.8 Å². The summed E-state index contributed by atoms with van der Waals surface area (Å²) in [6, 6.07) is 10.6. The van der Waals surface area contributed by atoms with E-state index in [2.05, 4.69) is 5.32 Å². The number of hydrogen-bond acceptors (Lipinski definition) is 3. The van der Waals surface area contributed by atoms with Crippen LogP contribution in [0.2, 0.25) is 0 Å². The second-order valence-electron chi connectivity index (χ2n) is 8.46. The SMILES string of the molecule is O=C(C=Cc1ccc(-c2ccccc2F)s1)NC1CCN(C(=O)C2CCCCC2)CC1. The highest BCUT2D eigenvalue weighted by molar-refractivity contribution is 7.16. The number of nitrogens with one attached hydrogen (secondary N) is 1. The standard InChI is InChI=1S/C25H29FN2O2S/c26-22-9-5-4-8-21(22)23-12-10-20(31-23)11-13-24(29)27-19-14-16-28(17-15-19)25(30)18-6-2-1-3-7-18/h4-5,8-13,18-19H,1-3,6-7,14-17H2,(H,27,29). The van der Waals surface area contributed by atoms with Crippen LogP contribution in [0.1, 0.15) is 49.8 Å². The molecule has 0 atom stereocenters. The third kappa shape index (κ3) is 5.62. The van der Waals surface area contributed by atoms with E-state index >= 15 is 0 Å². The molecule has 1 aromatic heterocycles. The summed E-state index contributed by atoms with van der Waals surface area (Å²) in [5.74, 6) is 0.152. The molecule has 1 N–H and O–H groups in total. The maximum absolute atomic E-state index is 13.9. The van der Waals surface area contributed by atoms with E-state index in [1.807, 2.05) is 23.1 Å². The first-order valence-electron chi connectivity index (χ1n) is 11.2. The van der Waals surface area contributed by atoms with Crippen LogP contribution in [0, 0.1) is 11.7 Å². The van der Waals surface area contributed by atoms with Crippen molar-refractivity contribution in [1.29, 1.82) is 0 Å². The predicted molar refractivity (Wildman–Crippen MR) is 123 cm³/mol. The summed E-state index contributed by atoms with van der Waals surface area (Å²) in [6.45, 7) is 1.45. The molecule has 2 aliphatic rings. The number of piperidine rings is 1. The summed E-state index contributed by atoms with van der Waals surface area (Å²) in [4.78, 5) is 28.8. The number of benzene rings is 1. The molecular weight excluding hydrogens is 411 g/mol. The smallest absolute Gasteiger partial charge is 0.244 e. The van der Waals surface area contributed by atoms with Crippen LogP contribution < -0.4 is 5.32 Å². The monoisotopic (exact) mass is 440 g/mol. The van der Waals surface area contributed by atoms with Crippen molar-refractivity contribution in [2.24, 2.45) is 5.92 Å². The van der Waals surface area contributed by atoms with Crippen molar-refractivity contribution in [1.82, 2.24) is 10.2 Å². The molecule has 0 bridgehead atoms. The molecule has 1 aliphatic carbocycles. The number of rotatable bonds is 5. The normalized spacial score (nSPS) is 18.4. The van der Waals surface area contributed by atoms with E-state index in [0.717, 1.165) is 48.5 Å². The Hall–Kier alpha value is -2.47. The average molecular weight is 441 g/mol. The zero-order valence-electron chi connectivity index (χ0n) is 17.7. The highest BCUT2D eigenvalue weighted by Crippen LogP contribution is 2.30. The predicted octanol–water partition coefficient (Wildman–Crippen LogP) is 5.25. The van der Waals surface area contributed by atoms with Gasteiger partial charge in [-0.3, -0.25) is 9.59 Å². The van der Waals surface area contributed by atoms with Gasteiger partial charge >= 0.3 is 0 Å². The molecule has 1 saturated carbocycles. The van der Waals surface area contributed by atoms with Crippen LogP contribution in [0.5, 0.6) is 0 Å². The molecule has 2 amide bonds. The molecule has 0 radical (unpaired) electrons. The summed E-state index contributed by atoms with van der Waals surface area (Å²) in [7, 11) is 0. The van der Waals surface area contributed by atoms with Gasteiger partial charge in [0.1, 0.15) is 5.82 Å². The highest BCUT2D eigenvalue weighted by Gasteiger charge is 2.29. The second-order valence-corrected chi connectivity index (χ2v) is 9.57. The summed E-state index contributed by atoms with van der Waals surface area (Å²) in [6.07, 6.45) is 10.6. The van der Waals surface area contributed by atoms with Crippen LogP contribution in [-0.2, 0) is 9.59 Å². The third-order valence-corrected chi connectivity index (χ3v) is 7.36. The van der Waals surface area contributed by atoms with Crippen molar-refractivity contribution in [3.63, 3.8) is 0 Å². The molecule has 1 aromatic carbocycles. The Morgan fingerprint density at radius 2 is 1.74 bits per heavy atom. The van der Waals surface area contributed by atoms with Crippen molar-refractivity contribution >= 4 is 29.2 Å². The number of carbonyl (C=O) groups is 2. The molecule has 4 rings (SSSR count). The Kier molecular flexibility index (Phi) is 7.17. The number of likely N-dealkylation sites (tertiary alicyclic amines) is 1. The van der Waals surface area contributed by atoms with E-state index in [9.17, 15) is 14.0 Å². The fourth-order valence-corrected chi connectivity index (χ4v) is 5.44. The quantitative estimate of drug-likeness (QED) is 0.645. The minimum absolute atomic E-state index is 0.102. The van der Waals surface area contributed by atoms with E-state index in [1.54, 1.807) is 18.2 Å². The first-order valence-corrected chi connectivity index (χ1v) is 12.0. The zero-order valence-corrected chi connectivity index (χ0v) is 18.5. The minimum Gasteiger partial charge on any atom is -0.350 e. The summed E-state index contributed by atoms with van der Waals surface area (Å²) in [5, 5.41) is 3.06. The Balaban J connectivity index is 1.25. The first kappa shape index (κ1) is 21.8. The van der Waals surface area contributed by atoms with Crippen LogP contribution in [0.3, 0.4) is 0 Å². The third-order valence-electron chi connectivity index (χ3n) is 6.27. The molecule has 0 unspecified atom stereocenters. The Morgan fingerprint density at radius 1 is 1.00 bits per heavy atom. The Morgan fingerprint density at radius 3 is 2.48 bits per heavy atom. The van der Waals surface area contributed by atoms with Crippen molar-refractivity contribution in [3.05, 3.63) is 53.2 Å². The van der Waals surface area contributed by atoms with E-state index in [1.165, 1.54) is 42.7 Å². The van der Waals surface area contributed by atoms with Crippen molar-refractivity contribution in [2.75, 3.05) is 13.1 Å². The molecule has 6 heteroatoms. The lowest BCUT2D eigenvalue weighted by atomic mass is 9.87. The average Bonchev–Trinajstić information content (AvgIpc) is 3.27. The molecule has 1 aliphatic heterocycles. The molecule has 2 fully saturated rings. The fraction of sp³-hybridized carbons (Fsp3) is 0.440. The number of amides is 2. The molecule has 164 valence electrons. The maximum Gasteiger partial charge on any atom is 0.244 e. The van der Waals surface area contributed by atoms with Crippen LogP contribution in [0.15, 0.2) is 42.5 Å². The number of nitrogens with zero attached hydrogens (tertiary/aromatic N) is 1. The summed E-state index contributed by atoms with van der Waals surface area (Å²) < 4.78 is 13.9. The Labute approximate surface area is 187 Å². The lowest BCUT2D eigenvalue weighted by Gasteiger charge is -2.35. The summed E-state index contributed by atoms with van der Waals surface area (Å²) >= 11 is 1.45. The zero-order chi connectivity index (χ0) is 21.6. The second kappa shape index (κ2) is 10.2. The van der Waals surface area contributed by atoms with Gasteiger partial charge < -0.3 is 10.2 Å². The van der Waals surface area contributed by atoms with E-state index in [0.29, 0.717) is 11.5 Å². The van der Waals surface area contributed by atoms with Gasteiger partial charge in [-0.15, -0.1) is 11.3 Å². The number of halogens is 1. The van der Waals surface area contributed by atoms with Crippen LogP contribution in [0.4, 0.5) is 4.39 Å². The lowest BCUT2D eigenvalue weighted by molar-refractivity contribution is -0.137. The van der Waals surface area contributed by atoms with Gasteiger partial charge in [0, 0.05) is 46.4 Å². The van der Waals surface area contributed by atoms with Gasteiger partial charge in [-0.05, 0) is 50.0 Å². The minimum atomic E-state index is -0.245. The van der Waals surface area contributed by atoms with Gasteiger partial charge in [-0.2, -0.15) is 0 Å². The van der Waals surface area contributed by atoms with Gasteiger partial charge in [0.25, 0.3) is 0 Å². The number of thiophene rings is 1. The first-order chi connectivity index (χ1) is 15.1. The molecule has 4 nitrogen and oxygen atoms in total. The van der Waals surface area contributed by atoms with Crippen LogP contribution >= 0.6 is 11.3 Å². The van der Waals surface area contributed by atoms with Gasteiger partial charge in [0.05, 0.1) is 0 Å². The molecule has 2 aromatic rings.